The van der Waals surface area contributed by atoms with Crippen molar-refractivity contribution in [2.24, 2.45) is 0 Å². The summed E-state index contributed by atoms with van der Waals surface area (Å²) in [6.07, 6.45) is -0.445. The summed E-state index contributed by atoms with van der Waals surface area (Å²) in [6.45, 7) is 5.66. The number of hydrogen-bond donors (Lipinski definition) is 3. The van der Waals surface area contributed by atoms with Crippen LogP contribution in [0.25, 0.3) is 0 Å². The first-order chi connectivity index (χ1) is 9.75. The van der Waals surface area contributed by atoms with E-state index < -0.39 is 17.4 Å². The van der Waals surface area contributed by atoms with Crippen molar-refractivity contribution >= 4 is 5.82 Å². The van der Waals surface area contributed by atoms with Crippen molar-refractivity contribution in [3.63, 3.8) is 0 Å². The Kier molecular flexibility index (Phi) is 3.27. The number of nitrogen functional groups attached to an aromatic ring is 1. The Morgan fingerprint density at radius 2 is 2.00 bits per heavy atom. The van der Waals surface area contributed by atoms with Crippen LogP contribution in [-0.4, -0.2) is 57.1 Å². The summed E-state index contributed by atoms with van der Waals surface area (Å²) in [7, 11) is 1.98. The van der Waals surface area contributed by atoms with Crippen molar-refractivity contribution in [3.05, 3.63) is 11.3 Å². The molecule has 7 heteroatoms. The van der Waals surface area contributed by atoms with Gasteiger partial charge in [0, 0.05) is 25.2 Å². The van der Waals surface area contributed by atoms with Crippen molar-refractivity contribution < 1.29 is 9.50 Å². The van der Waals surface area contributed by atoms with E-state index in [-0.39, 0.29) is 0 Å². The number of nitrogens with one attached hydrogen (secondary N) is 1. The van der Waals surface area contributed by atoms with Gasteiger partial charge in [-0.05, 0) is 33.7 Å². The second-order valence-electron chi connectivity index (χ2n) is 6.86. The van der Waals surface area contributed by atoms with Crippen LogP contribution in [0.1, 0.15) is 37.9 Å². The van der Waals surface area contributed by atoms with Crippen molar-refractivity contribution in [1.82, 2.24) is 20.0 Å². The largest absolute Gasteiger partial charge is 0.382 e. The summed E-state index contributed by atoms with van der Waals surface area (Å²) in [5, 5.41) is 17.6. The molecule has 1 unspecified atom stereocenters. The minimum Gasteiger partial charge on any atom is -0.382 e. The highest BCUT2D eigenvalue weighted by molar-refractivity contribution is 5.47. The predicted molar refractivity (Wildman–Crippen MR) is 78.1 cm³/mol. The molecule has 118 valence electrons. The summed E-state index contributed by atoms with van der Waals surface area (Å²) >= 11 is 0. The lowest BCUT2D eigenvalue weighted by Crippen LogP contribution is -2.57. The molecule has 0 bridgehead atoms. The van der Waals surface area contributed by atoms with E-state index in [4.69, 9.17) is 5.73 Å². The van der Waals surface area contributed by atoms with Crippen LogP contribution in [-0.2, 0) is 12.1 Å². The molecule has 1 aromatic heterocycles. The van der Waals surface area contributed by atoms with E-state index >= 15 is 4.39 Å². The molecule has 3 heterocycles. The number of aromatic nitrogens is 2. The molecular formula is C14H24FN5O. The fourth-order valence-corrected chi connectivity index (χ4v) is 3.48. The molecule has 21 heavy (non-hydrogen) atoms. The number of fused-ring (bicyclic) bond motifs is 1. The number of likely N-dealkylation sites (tertiary alicyclic amines) is 1. The molecule has 0 spiro atoms. The van der Waals surface area contributed by atoms with E-state index in [1.54, 1.807) is 4.90 Å². The number of nitrogens with two attached hydrogens (primary N) is 1. The third kappa shape index (κ3) is 2.15. The number of halogens is 1. The lowest BCUT2D eigenvalue weighted by molar-refractivity contribution is -0.158. The van der Waals surface area contributed by atoms with Crippen LogP contribution >= 0.6 is 0 Å². The average Bonchev–Trinajstić information content (AvgIpc) is 2.92. The Hall–Kier alpha value is -1.18. The van der Waals surface area contributed by atoms with Crippen LogP contribution in [0.15, 0.2) is 0 Å². The van der Waals surface area contributed by atoms with Crippen LogP contribution in [0.5, 0.6) is 0 Å². The number of anilines is 1. The number of aliphatic hydroxyl groups is 1. The number of aromatic amines is 1. The fourth-order valence-electron chi connectivity index (χ4n) is 3.48. The molecule has 0 aromatic carbocycles. The molecule has 6 nitrogen and oxygen atoms in total. The highest BCUT2D eigenvalue weighted by atomic mass is 19.1. The van der Waals surface area contributed by atoms with E-state index in [1.165, 1.54) is 0 Å². The number of piperidine rings is 1. The number of rotatable bonds is 2. The summed E-state index contributed by atoms with van der Waals surface area (Å²) < 4.78 is 15.2. The maximum atomic E-state index is 15.2. The molecule has 1 fully saturated rings. The summed E-state index contributed by atoms with van der Waals surface area (Å²) in [6, 6.07) is 0. The van der Waals surface area contributed by atoms with Crippen molar-refractivity contribution in [2.75, 3.05) is 25.9 Å². The highest BCUT2D eigenvalue weighted by Gasteiger charge is 2.51. The number of nitrogens with zero attached hydrogens (tertiary/aromatic N) is 3. The molecule has 1 atom stereocenters. The molecule has 0 amide bonds. The zero-order valence-electron chi connectivity index (χ0n) is 12.9. The third-order valence-corrected chi connectivity index (χ3v) is 5.13. The van der Waals surface area contributed by atoms with Gasteiger partial charge in [0.1, 0.15) is 12.0 Å². The van der Waals surface area contributed by atoms with Crippen LogP contribution < -0.4 is 5.73 Å². The van der Waals surface area contributed by atoms with Crippen LogP contribution in [0.4, 0.5) is 10.2 Å². The van der Waals surface area contributed by atoms with Crippen LogP contribution in [0.3, 0.4) is 0 Å². The van der Waals surface area contributed by atoms with E-state index in [0.29, 0.717) is 38.3 Å². The first-order valence-electron chi connectivity index (χ1n) is 7.41. The molecule has 3 rings (SSSR count). The van der Waals surface area contributed by atoms with E-state index in [0.717, 1.165) is 11.3 Å². The van der Waals surface area contributed by atoms with Gasteiger partial charge in [0.25, 0.3) is 0 Å². The standard InChI is InChI=1S/C14H24FN5O/c1-13(2)10-9(11(16)18-17-10)8-20(13)12(21)14(15)4-6-19(3)7-5-14/h12,21H,4-8H2,1-3H3,(H3,16,17,18). The van der Waals surface area contributed by atoms with Crippen molar-refractivity contribution in [3.8, 4) is 0 Å². The van der Waals surface area contributed by atoms with Gasteiger partial charge in [-0.2, -0.15) is 5.10 Å². The second kappa shape index (κ2) is 4.66. The Morgan fingerprint density at radius 1 is 1.38 bits per heavy atom. The summed E-state index contributed by atoms with van der Waals surface area (Å²) in [4.78, 5) is 3.88. The SMILES string of the molecule is CN1CCC(F)(C(O)N2Cc3c(N)n[nH]c3C2(C)C)CC1. The van der Waals surface area contributed by atoms with Gasteiger partial charge < -0.3 is 15.7 Å². The quantitative estimate of drug-likeness (QED) is 0.752. The van der Waals surface area contributed by atoms with Gasteiger partial charge >= 0.3 is 0 Å². The zero-order chi connectivity index (χ0) is 15.4. The number of alkyl halides is 1. The third-order valence-electron chi connectivity index (χ3n) is 5.13. The molecule has 2 aliphatic heterocycles. The molecule has 0 saturated carbocycles. The van der Waals surface area contributed by atoms with Gasteiger partial charge in [-0.25, -0.2) is 4.39 Å². The second-order valence-corrected chi connectivity index (χ2v) is 6.86. The first-order valence-corrected chi connectivity index (χ1v) is 7.41. The van der Waals surface area contributed by atoms with Crippen molar-refractivity contribution in [2.45, 2.75) is 50.7 Å². The van der Waals surface area contributed by atoms with Gasteiger partial charge in [0.15, 0.2) is 5.67 Å². The zero-order valence-corrected chi connectivity index (χ0v) is 12.9. The van der Waals surface area contributed by atoms with Gasteiger partial charge in [-0.15, -0.1) is 0 Å². The minimum atomic E-state index is -1.57. The molecule has 4 N–H and O–H groups in total. The van der Waals surface area contributed by atoms with Crippen LogP contribution in [0.2, 0.25) is 0 Å². The van der Waals surface area contributed by atoms with Gasteiger partial charge in [0.2, 0.25) is 0 Å². The first kappa shape index (κ1) is 14.7. The molecule has 2 aliphatic rings. The number of H-pyrrole nitrogens is 1. The lowest BCUT2D eigenvalue weighted by Gasteiger charge is -2.45. The topological polar surface area (TPSA) is 81.4 Å². The highest BCUT2D eigenvalue weighted by Crippen LogP contribution is 2.44. The Morgan fingerprint density at radius 3 is 2.57 bits per heavy atom. The molecule has 1 aromatic rings. The smallest absolute Gasteiger partial charge is 0.152 e. The summed E-state index contributed by atoms with van der Waals surface area (Å²) in [5.41, 5.74) is 5.51. The predicted octanol–water partition coefficient (Wildman–Crippen LogP) is 0.795. The maximum Gasteiger partial charge on any atom is 0.152 e. The Bertz CT molecular complexity index is 535. The van der Waals surface area contributed by atoms with E-state index in [9.17, 15) is 5.11 Å². The normalized spacial score (nSPS) is 26.7. The minimum absolute atomic E-state index is 0.346. The number of hydrogen-bond acceptors (Lipinski definition) is 5. The van der Waals surface area contributed by atoms with E-state index in [1.807, 2.05) is 20.9 Å². The van der Waals surface area contributed by atoms with Gasteiger partial charge in [-0.3, -0.25) is 10.00 Å². The Balaban J connectivity index is 1.85. The molecule has 0 radical (unpaired) electrons. The molecular weight excluding hydrogens is 273 g/mol. The summed E-state index contributed by atoms with van der Waals surface area (Å²) in [5.74, 6) is 0.434. The fraction of sp³-hybridized carbons (Fsp3) is 0.786. The lowest BCUT2D eigenvalue weighted by atomic mass is 9.89. The van der Waals surface area contributed by atoms with Crippen LogP contribution in [0, 0.1) is 0 Å². The van der Waals surface area contributed by atoms with E-state index in [2.05, 4.69) is 15.1 Å². The van der Waals surface area contributed by atoms with Crippen molar-refractivity contribution in [1.29, 1.82) is 0 Å². The van der Waals surface area contributed by atoms with Gasteiger partial charge in [-0.1, -0.05) is 0 Å². The maximum absolute atomic E-state index is 15.2. The molecule has 1 saturated heterocycles. The Labute approximate surface area is 124 Å². The average molecular weight is 297 g/mol. The van der Waals surface area contributed by atoms with Gasteiger partial charge in [0.05, 0.1) is 11.2 Å². The number of aliphatic hydroxyl groups excluding tert-OH is 1. The molecule has 0 aliphatic carbocycles. The monoisotopic (exact) mass is 297 g/mol.